The molecule has 2 nitrogen and oxygen atoms in total. The molecule has 0 amide bonds. The van der Waals surface area contributed by atoms with E-state index < -0.39 is 18.8 Å². The molecular formula is C13H11BrF3NO. The van der Waals surface area contributed by atoms with Crippen molar-refractivity contribution in [1.82, 2.24) is 0 Å². The molecule has 0 heterocycles. The highest BCUT2D eigenvalue weighted by Crippen LogP contribution is 2.35. The lowest BCUT2D eigenvalue weighted by atomic mass is 10.1. The zero-order valence-corrected chi connectivity index (χ0v) is 11.3. The Labute approximate surface area is 116 Å². The number of hydrogen-bond acceptors (Lipinski definition) is 2. The monoisotopic (exact) mass is 333 g/mol. The summed E-state index contributed by atoms with van der Waals surface area (Å²) < 4.78 is 43.4. The highest BCUT2D eigenvalue weighted by molar-refractivity contribution is 9.10. The summed E-state index contributed by atoms with van der Waals surface area (Å²) in [6.45, 7) is -0.622. The van der Waals surface area contributed by atoms with Crippen LogP contribution in [0.25, 0.3) is 10.8 Å². The molecule has 0 aromatic heterocycles. The van der Waals surface area contributed by atoms with E-state index in [-0.39, 0.29) is 5.75 Å². The predicted octanol–water partition coefficient (Wildman–Crippen LogP) is 3.87. The number of fused-ring (bicyclic) bond motifs is 1. The summed E-state index contributed by atoms with van der Waals surface area (Å²) in [4.78, 5) is 0. The van der Waals surface area contributed by atoms with Crippen LogP contribution in [0.15, 0.2) is 40.9 Å². The van der Waals surface area contributed by atoms with Crippen molar-refractivity contribution in [3.8, 4) is 5.75 Å². The molecule has 1 atom stereocenters. The molecule has 0 aliphatic carbocycles. The quantitative estimate of drug-likeness (QED) is 0.925. The smallest absolute Gasteiger partial charge is 0.426 e. The molecule has 0 saturated carbocycles. The Morgan fingerprint density at radius 3 is 2.47 bits per heavy atom. The van der Waals surface area contributed by atoms with E-state index in [1.165, 1.54) is 6.07 Å². The maximum absolute atomic E-state index is 12.6. The molecule has 0 radical (unpaired) electrons. The second kappa shape index (κ2) is 5.38. The normalized spacial score (nSPS) is 13.5. The molecule has 0 spiro atoms. The minimum absolute atomic E-state index is 0.131. The van der Waals surface area contributed by atoms with Crippen LogP contribution in [0, 0.1) is 0 Å². The SMILES string of the molecule is NCC(Oc1ccc2ccccc2c1Br)C(F)(F)F. The molecule has 2 aromatic rings. The maximum Gasteiger partial charge on any atom is 0.426 e. The number of nitrogens with two attached hydrogens (primary N) is 1. The number of benzene rings is 2. The fourth-order valence-electron chi connectivity index (χ4n) is 1.71. The van der Waals surface area contributed by atoms with Gasteiger partial charge >= 0.3 is 6.18 Å². The summed E-state index contributed by atoms with van der Waals surface area (Å²) in [6.07, 6.45) is -6.50. The van der Waals surface area contributed by atoms with Gasteiger partial charge in [-0.3, -0.25) is 0 Å². The first-order valence-electron chi connectivity index (χ1n) is 5.54. The third kappa shape index (κ3) is 3.01. The van der Waals surface area contributed by atoms with Crippen LogP contribution < -0.4 is 10.5 Å². The van der Waals surface area contributed by atoms with Crippen molar-refractivity contribution in [1.29, 1.82) is 0 Å². The number of hydrogen-bond donors (Lipinski definition) is 1. The molecule has 2 N–H and O–H groups in total. The molecular weight excluding hydrogens is 323 g/mol. The third-order valence-corrected chi connectivity index (χ3v) is 3.49. The van der Waals surface area contributed by atoms with Gasteiger partial charge in [0, 0.05) is 6.54 Å². The zero-order chi connectivity index (χ0) is 14.0. The molecule has 2 rings (SSSR count). The summed E-state index contributed by atoms with van der Waals surface area (Å²) in [6, 6.07) is 10.5. The first-order chi connectivity index (χ1) is 8.93. The van der Waals surface area contributed by atoms with Crippen molar-refractivity contribution < 1.29 is 17.9 Å². The topological polar surface area (TPSA) is 35.2 Å². The number of rotatable bonds is 3. The average Bonchev–Trinajstić information content (AvgIpc) is 2.37. The Morgan fingerprint density at radius 1 is 1.16 bits per heavy atom. The summed E-state index contributed by atoms with van der Waals surface area (Å²) in [7, 11) is 0. The van der Waals surface area contributed by atoms with Gasteiger partial charge in [0.25, 0.3) is 0 Å². The van der Waals surface area contributed by atoms with Gasteiger partial charge in [-0.1, -0.05) is 30.3 Å². The largest absolute Gasteiger partial charge is 0.478 e. The van der Waals surface area contributed by atoms with Crippen LogP contribution in [0.3, 0.4) is 0 Å². The van der Waals surface area contributed by atoms with E-state index in [1.807, 2.05) is 12.1 Å². The van der Waals surface area contributed by atoms with E-state index >= 15 is 0 Å². The van der Waals surface area contributed by atoms with Crippen molar-refractivity contribution in [3.05, 3.63) is 40.9 Å². The van der Waals surface area contributed by atoms with Gasteiger partial charge in [0.2, 0.25) is 6.10 Å². The molecule has 2 aromatic carbocycles. The fourth-order valence-corrected chi connectivity index (χ4v) is 2.29. The Hall–Kier alpha value is -1.27. The molecule has 102 valence electrons. The minimum atomic E-state index is -4.49. The second-order valence-electron chi connectivity index (χ2n) is 3.98. The van der Waals surface area contributed by atoms with Gasteiger partial charge in [-0.05, 0) is 32.8 Å². The fraction of sp³-hybridized carbons (Fsp3) is 0.231. The molecule has 0 fully saturated rings. The lowest BCUT2D eigenvalue weighted by Crippen LogP contribution is -2.40. The number of alkyl halides is 3. The predicted molar refractivity (Wildman–Crippen MR) is 71.2 cm³/mol. The van der Waals surface area contributed by atoms with Gasteiger partial charge in [0.15, 0.2) is 0 Å². The maximum atomic E-state index is 12.6. The zero-order valence-electron chi connectivity index (χ0n) is 9.75. The van der Waals surface area contributed by atoms with Crippen molar-refractivity contribution in [2.75, 3.05) is 6.54 Å². The summed E-state index contributed by atoms with van der Waals surface area (Å²) in [5.41, 5.74) is 5.11. The van der Waals surface area contributed by atoms with Crippen molar-refractivity contribution in [3.63, 3.8) is 0 Å². The first-order valence-corrected chi connectivity index (χ1v) is 6.33. The Balaban J connectivity index is 2.38. The Kier molecular flexibility index (Phi) is 4.01. The van der Waals surface area contributed by atoms with Crippen molar-refractivity contribution in [2.45, 2.75) is 12.3 Å². The molecule has 1 unspecified atom stereocenters. The van der Waals surface area contributed by atoms with Crippen LogP contribution in [0.1, 0.15) is 0 Å². The van der Waals surface area contributed by atoms with Gasteiger partial charge in [-0.15, -0.1) is 0 Å². The average molecular weight is 334 g/mol. The summed E-state index contributed by atoms with van der Waals surface area (Å²) in [5, 5.41) is 1.70. The molecule has 0 aliphatic heterocycles. The minimum Gasteiger partial charge on any atom is -0.478 e. The van der Waals surface area contributed by atoms with E-state index in [0.29, 0.717) is 4.47 Å². The highest BCUT2D eigenvalue weighted by atomic mass is 79.9. The second-order valence-corrected chi connectivity index (χ2v) is 4.78. The summed E-state index contributed by atoms with van der Waals surface area (Å²) >= 11 is 3.27. The molecule has 0 saturated heterocycles. The van der Waals surface area contributed by atoms with Gasteiger partial charge in [-0.2, -0.15) is 13.2 Å². The van der Waals surface area contributed by atoms with Crippen molar-refractivity contribution >= 4 is 26.7 Å². The molecule has 0 bridgehead atoms. The lowest BCUT2D eigenvalue weighted by molar-refractivity contribution is -0.191. The van der Waals surface area contributed by atoms with E-state index in [2.05, 4.69) is 15.9 Å². The molecule has 0 aliphatic rings. The van der Waals surface area contributed by atoms with E-state index in [1.54, 1.807) is 18.2 Å². The van der Waals surface area contributed by atoms with Gasteiger partial charge in [-0.25, -0.2) is 0 Å². The number of halogens is 4. The van der Waals surface area contributed by atoms with Crippen LogP contribution in [0.5, 0.6) is 5.75 Å². The van der Waals surface area contributed by atoms with Crippen molar-refractivity contribution in [2.24, 2.45) is 5.73 Å². The Bertz CT molecular complexity index is 586. The standard InChI is InChI=1S/C13H11BrF3NO/c14-12-9-4-2-1-3-8(9)5-6-10(12)19-11(7-18)13(15,16)17/h1-6,11H,7,18H2. The van der Waals surface area contributed by atoms with Gasteiger partial charge in [0.05, 0.1) is 4.47 Å². The van der Waals surface area contributed by atoms with Crippen LogP contribution in [-0.4, -0.2) is 18.8 Å². The third-order valence-electron chi connectivity index (χ3n) is 2.68. The molecule has 6 heteroatoms. The van der Waals surface area contributed by atoms with E-state index in [9.17, 15) is 13.2 Å². The lowest BCUT2D eigenvalue weighted by Gasteiger charge is -2.21. The van der Waals surface area contributed by atoms with Gasteiger partial charge in [0.1, 0.15) is 5.75 Å². The first kappa shape index (κ1) is 14.1. The van der Waals surface area contributed by atoms with Crippen LogP contribution >= 0.6 is 15.9 Å². The Morgan fingerprint density at radius 2 is 1.84 bits per heavy atom. The van der Waals surface area contributed by atoms with Crippen LogP contribution in [0.4, 0.5) is 13.2 Å². The highest BCUT2D eigenvalue weighted by Gasteiger charge is 2.41. The van der Waals surface area contributed by atoms with E-state index in [0.717, 1.165) is 10.8 Å². The van der Waals surface area contributed by atoms with Crippen LogP contribution in [-0.2, 0) is 0 Å². The molecule has 19 heavy (non-hydrogen) atoms. The van der Waals surface area contributed by atoms with E-state index in [4.69, 9.17) is 10.5 Å². The number of ether oxygens (including phenoxy) is 1. The summed E-state index contributed by atoms with van der Waals surface area (Å²) in [5.74, 6) is 0.131. The van der Waals surface area contributed by atoms with Crippen LogP contribution in [0.2, 0.25) is 0 Å². The van der Waals surface area contributed by atoms with Gasteiger partial charge < -0.3 is 10.5 Å².